The van der Waals surface area contributed by atoms with Crippen molar-refractivity contribution in [3.63, 3.8) is 0 Å². The molecule has 0 aliphatic heterocycles. The Bertz CT molecular complexity index is 7770. The van der Waals surface area contributed by atoms with E-state index in [0.29, 0.717) is 39.6 Å². The molecule has 0 fully saturated rings. The molecule has 12 heteroatoms. The largest absolute Gasteiger partial charge is 0.489 e. The highest BCUT2D eigenvalue weighted by Gasteiger charge is 2.46. The van der Waals surface area contributed by atoms with E-state index >= 15 is 0 Å². The van der Waals surface area contributed by atoms with Crippen LogP contribution in [0, 0.1) is 0 Å². The van der Waals surface area contributed by atoms with Crippen molar-refractivity contribution in [1.29, 1.82) is 0 Å². The molecule has 0 spiro atoms. The van der Waals surface area contributed by atoms with E-state index in [1.807, 2.05) is 0 Å². The average molecular weight is 2070 g/mol. The van der Waals surface area contributed by atoms with Gasteiger partial charge in [-0.1, -0.05) is 351 Å². The lowest BCUT2D eigenvalue weighted by molar-refractivity contribution is 0.264. The standard InChI is InChI=1S/C132H144O6.2CHCl3/c1-25-31-37-43-49-133-121-91-79-61-67(127(7,8)9)55-73-74-57-69(129(13,14)15)63-81-87(74)99-97(85(73)79)109-103(91)104-92(122(121)134-50-44-38-32-26-2)80-62-68(128(10,11)12)56-75-76-58-70(130(16,17)18)64-82-88(76)100-98(86(75)80)110(104)116-115(109)117-111(99)105-93(81)123(135-51-45-39-33-27-3)125(137-53-47-41-35-29-5)95-83-65-71(131(19,20)21)59-77-78-60-72(132(22,23)24)66-84-90(78)102-101(89(77)83)113(106(95)105)119(117)120-114(102)108-96(84)126(138-54-48-42-36-30-6)124(136-52-46-40-34-28-4)94(82)107(108)112(100)118(116)120;2*2-1(3)4/h55-66H,25-54H2,1-24H3;2*1H. The van der Waals surface area contributed by atoms with Crippen LogP contribution in [0.1, 0.15) is 354 Å². The zero-order chi connectivity index (χ0) is 103. The van der Waals surface area contributed by atoms with Gasteiger partial charge in [0.2, 0.25) is 0 Å². The topological polar surface area (TPSA) is 55.4 Å². The van der Waals surface area contributed by atoms with Crippen LogP contribution in [0.3, 0.4) is 0 Å². The molecule has 0 radical (unpaired) electrons. The third-order valence-corrected chi connectivity index (χ3v) is 34.5. The van der Waals surface area contributed by atoms with Crippen LogP contribution in [-0.2, 0) is 32.5 Å². The van der Waals surface area contributed by atoms with Gasteiger partial charge in [-0.3, -0.25) is 0 Å². The molecule has 760 valence electrons. The molecule has 0 saturated carbocycles. The summed E-state index contributed by atoms with van der Waals surface area (Å²) in [5, 5.41) is 63.7. The Morgan fingerprint density at radius 1 is 0.151 bits per heavy atom. The van der Waals surface area contributed by atoms with E-state index in [1.54, 1.807) is 0 Å². The second-order valence-electron chi connectivity index (χ2n) is 50.4. The van der Waals surface area contributed by atoms with Crippen LogP contribution in [0.5, 0.6) is 34.5 Å². The Labute approximate surface area is 891 Å². The van der Waals surface area contributed by atoms with Gasteiger partial charge in [-0.05, 0) is 306 Å². The first-order valence-corrected chi connectivity index (χ1v) is 58.6. The second kappa shape index (κ2) is 36.5. The minimum absolute atomic E-state index is 0.279. The SMILES string of the molecule is CCCCCCOc1c(OCCCCCC)c2c3cc(C(C)(C)C)cc4c5cc(C(C)(C)C)cc6c7c(OCCCCCC)c(OCCCCCC)c8c9cc(C(C)(C)C)cc%10c%11cc(C(C)(C)C)cc%12c%13c(OCCCCCC)c(OCCCCCC)c%14c%15cc(C(C)(C)C)cc%16c%17cc(C(C)(C)C)cc%18c1c1c2c2c(c43)c(c56)c3c7c8c4c(c%109)c(c%11%12)c5c%13c%14c6c(c%16%15)c(c%17%18)c1c1c2c3c4c5c61.ClC(Cl)Cl.ClC(Cl)Cl. The molecule has 146 heavy (non-hydrogen) atoms. The van der Waals surface area contributed by atoms with Gasteiger partial charge in [0.25, 0.3) is 0 Å². The molecule has 6 nitrogen and oxygen atoms in total. The first kappa shape index (κ1) is 100. The molecular formula is C134H146Cl6O6. The molecule has 0 aliphatic rings. The molecule has 0 N–H and O–H groups in total. The lowest BCUT2D eigenvalue weighted by atomic mass is 9.66. The van der Waals surface area contributed by atoms with Crippen LogP contribution in [0.25, 0.3) is 259 Å². The van der Waals surface area contributed by atoms with Crippen molar-refractivity contribution >= 4 is 328 Å². The quantitative estimate of drug-likeness (QED) is 0.0169. The van der Waals surface area contributed by atoms with Gasteiger partial charge in [-0.15, -0.1) is 0 Å². The Kier molecular flexibility index (Phi) is 25.1. The molecule has 0 aromatic heterocycles. The summed E-state index contributed by atoms with van der Waals surface area (Å²) in [6.45, 7) is 61.9. The maximum absolute atomic E-state index is 8.31. The second-order valence-corrected chi connectivity index (χ2v) is 54.3. The van der Waals surface area contributed by atoms with Gasteiger partial charge in [-0.2, -0.15) is 0 Å². The monoisotopic (exact) mass is 2060 g/mol. The number of alkyl halides is 6. The highest BCUT2D eigenvalue weighted by molar-refractivity contribution is 6.73. The van der Waals surface area contributed by atoms with Crippen LogP contribution >= 0.6 is 69.6 Å². The molecular weight excluding hydrogens is 1920 g/mol. The molecule has 0 aliphatic carbocycles. The zero-order valence-corrected chi connectivity index (χ0v) is 95.5. The van der Waals surface area contributed by atoms with E-state index in [-0.39, 0.29) is 32.5 Å². The maximum Gasteiger partial charge on any atom is 0.180 e. The molecule has 0 unspecified atom stereocenters. The van der Waals surface area contributed by atoms with Gasteiger partial charge < -0.3 is 28.4 Å². The molecule has 0 atom stereocenters. The summed E-state index contributed by atoms with van der Waals surface area (Å²) in [7, 11) is 0. The highest BCUT2D eigenvalue weighted by Crippen LogP contribution is 2.74. The van der Waals surface area contributed by atoms with Crippen molar-refractivity contribution in [1.82, 2.24) is 0 Å². The predicted octanol–water partition coefficient (Wildman–Crippen LogP) is 44.4. The molecule has 0 amide bonds. The summed E-state index contributed by atoms with van der Waals surface area (Å²) in [4.78, 5) is 0. The van der Waals surface area contributed by atoms with Crippen LogP contribution in [0.4, 0.5) is 0 Å². The zero-order valence-electron chi connectivity index (χ0n) is 91.0. The normalized spacial score (nSPS) is 13.8. The van der Waals surface area contributed by atoms with E-state index in [2.05, 4.69) is 239 Å². The minimum atomic E-state index is -0.750. The Morgan fingerprint density at radius 2 is 0.253 bits per heavy atom. The van der Waals surface area contributed by atoms with Gasteiger partial charge in [-0.25, -0.2) is 0 Å². The lowest BCUT2D eigenvalue weighted by Gasteiger charge is -2.37. The van der Waals surface area contributed by atoms with Gasteiger partial charge in [0.1, 0.15) is 0 Å². The highest BCUT2D eigenvalue weighted by atomic mass is 35.6. The number of halogens is 6. The van der Waals surface area contributed by atoms with Gasteiger partial charge >= 0.3 is 0 Å². The molecule has 0 saturated heterocycles. The van der Waals surface area contributed by atoms with Crippen molar-refractivity contribution in [2.24, 2.45) is 0 Å². The first-order valence-electron chi connectivity index (χ1n) is 55.9. The summed E-state index contributed by atoms with van der Waals surface area (Å²) >= 11 is 28.8. The van der Waals surface area contributed by atoms with E-state index in [0.717, 1.165) is 189 Å². The number of hydrogen-bond acceptors (Lipinski definition) is 6. The summed E-state index contributed by atoms with van der Waals surface area (Å²) in [6.07, 6.45) is 25.9. The fraction of sp³-hybridized carbons (Fsp3) is 0.463. The van der Waals surface area contributed by atoms with Crippen molar-refractivity contribution in [3.05, 3.63) is 106 Å². The lowest BCUT2D eigenvalue weighted by Crippen LogP contribution is -2.14. The summed E-state index contributed by atoms with van der Waals surface area (Å²) in [5.41, 5.74) is 6.24. The Balaban J connectivity index is 0.00000142. The Morgan fingerprint density at radius 3 is 0.363 bits per heavy atom. The summed E-state index contributed by atoms with van der Waals surface area (Å²) in [5.74, 6) is 5.51. The number of rotatable bonds is 36. The van der Waals surface area contributed by atoms with E-state index in [1.165, 1.54) is 292 Å². The fourth-order valence-electron chi connectivity index (χ4n) is 27.5. The summed E-state index contributed by atoms with van der Waals surface area (Å²) < 4.78 is 48.4. The number of ether oxygens (including phenoxy) is 6. The first-order chi connectivity index (χ1) is 69.7. The molecule has 25 rings (SSSR count). The van der Waals surface area contributed by atoms with E-state index in [4.69, 9.17) is 98.0 Å². The van der Waals surface area contributed by atoms with Crippen LogP contribution in [-0.4, -0.2) is 48.2 Å². The van der Waals surface area contributed by atoms with Gasteiger partial charge in [0.15, 0.2) is 43.1 Å². The van der Waals surface area contributed by atoms with Crippen molar-refractivity contribution < 1.29 is 28.4 Å². The minimum Gasteiger partial charge on any atom is -0.489 e. The predicted molar refractivity (Wildman–Crippen MR) is 647 cm³/mol. The maximum atomic E-state index is 8.31. The van der Waals surface area contributed by atoms with Crippen molar-refractivity contribution in [2.75, 3.05) is 39.6 Å². The third kappa shape index (κ3) is 14.8. The van der Waals surface area contributed by atoms with Crippen molar-refractivity contribution in [2.45, 2.75) is 361 Å². The summed E-state index contributed by atoms with van der Waals surface area (Å²) in [6, 6.07) is 32.3. The van der Waals surface area contributed by atoms with Crippen LogP contribution in [0.2, 0.25) is 0 Å². The number of benzene rings is 25. The number of fused-ring (bicyclic) bond motifs is 9. The number of unbranched alkanes of at least 4 members (excludes halogenated alkanes) is 18. The smallest absolute Gasteiger partial charge is 0.180 e. The van der Waals surface area contributed by atoms with Crippen LogP contribution < -0.4 is 28.4 Å². The van der Waals surface area contributed by atoms with Gasteiger partial charge in [0.05, 0.1) is 39.6 Å². The fourth-order valence-corrected chi connectivity index (χ4v) is 27.5. The van der Waals surface area contributed by atoms with Crippen LogP contribution in [0.15, 0.2) is 72.8 Å². The van der Waals surface area contributed by atoms with Crippen molar-refractivity contribution in [3.8, 4) is 34.5 Å². The third-order valence-electron chi connectivity index (χ3n) is 34.5. The number of hydrogen-bond donors (Lipinski definition) is 0. The Hall–Kier alpha value is -8.82. The average Bonchev–Trinajstić information content (AvgIpc) is 0.610. The van der Waals surface area contributed by atoms with E-state index in [9.17, 15) is 0 Å². The molecule has 25 aromatic carbocycles. The van der Waals surface area contributed by atoms with E-state index < -0.39 is 8.59 Å². The van der Waals surface area contributed by atoms with Gasteiger partial charge in [0, 0.05) is 129 Å². The molecule has 0 bridgehead atoms. The molecule has 25 aromatic rings. The molecule has 0 heterocycles.